The van der Waals surface area contributed by atoms with Gasteiger partial charge in [0.15, 0.2) is 0 Å². The minimum Gasteiger partial charge on any atom is -0.432 e. The standard InChI is InChI=1S/C6H10NO6/c1-3-11-6(8)12-4-5(2)13-7(9)10/h3,5H,4H2,1-2H3/t5-/m0/s1. The Hall–Kier alpha value is -1.53. The van der Waals surface area contributed by atoms with Gasteiger partial charge in [-0.25, -0.2) is 4.79 Å². The number of carbonyl (C=O) groups excluding carboxylic acids is 1. The Labute approximate surface area is 74.7 Å². The Morgan fingerprint density at radius 2 is 2.31 bits per heavy atom. The van der Waals surface area contributed by atoms with Gasteiger partial charge in [0.1, 0.15) is 19.3 Å². The number of carbonyl (C=O) groups is 1. The minimum atomic E-state index is -0.953. The van der Waals surface area contributed by atoms with Crippen LogP contribution in [0.3, 0.4) is 0 Å². The molecule has 0 aromatic heterocycles. The quantitative estimate of drug-likeness (QED) is 0.365. The first kappa shape index (κ1) is 11.5. The zero-order valence-corrected chi connectivity index (χ0v) is 7.26. The second kappa shape index (κ2) is 6.04. The summed E-state index contributed by atoms with van der Waals surface area (Å²) in [6.07, 6.45) is -1.72. The Balaban J connectivity index is 3.51. The van der Waals surface area contributed by atoms with E-state index < -0.39 is 17.3 Å². The van der Waals surface area contributed by atoms with Gasteiger partial charge in [-0.05, 0) is 13.8 Å². The summed E-state index contributed by atoms with van der Waals surface area (Å²) in [5.74, 6) is 0. The molecule has 0 saturated heterocycles. The van der Waals surface area contributed by atoms with E-state index in [0.29, 0.717) is 0 Å². The third-order valence-electron chi connectivity index (χ3n) is 0.916. The van der Waals surface area contributed by atoms with Crippen molar-refractivity contribution in [3.05, 3.63) is 16.7 Å². The third kappa shape index (κ3) is 6.85. The maximum atomic E-state index is 10.5. The molecule has 0 N–H and O–H groups in total. The van der Waals surface area contributed by atoms with Gasteiger partial charge in [0.05, 0.1) is 0 Å². The Morgan fingerprint density at radius 3 is 2.77 bits per heavy atom. The molecule has 0 aliphatic heterocycles. The number of rotatable bonds is 5. The van der Waals surface area contributed by atoms with Gasteiger partial charge in [-0.3, -0.25) is 0 Å². The van der Waals surface area contributed by atoms with Gasteiger partial charge in [0, 0.05) is 0 Å². The fourth-order valence-electron chi connectivity index (χ4n) is 0.493. The fourth-order valence-corrected chi connectivity index (χ4v) is 0.493. The highest BCUT2D eigenvalue weighted by molar-refractivity contribution is 5.60. The molecule has 1 atom stereocenters. The van der Waals surface area contributed by atoms with Crippen molar-refractivity contribution in [2.45, 2.75) is 20.0 Å². The second-order valence-corrected chi connectivity index (χ2v) is 2.05. The lowest BCUT2D eigenvalue weighted by Crippen LogP contribution is -2.21. The van der Waals surface area contributed by atoms with Gasteiger partial charge >= 0.3 is 6.16 Å². The summed E-state index contributed by atoms with van der Waals surface area (Å²) in [7, 11) is 0. The number of ether oxygens (including phenoxy) is 2. The molecular weight excluding hydrogens is 182 g/mol. The molecule has 0 aromatic carbocycles. The smallest absolute Gasteiger partial charge is 0.432 e. The molecule has 7 heteroatoms. The summed E-state index contributed by atoms with van der Waals surface area (Å²) in [6.45, 7) is 3.80. The lowest BCUT2D eigenvalue weighted by molar-refractivity contribution is -0.767. The fraction of sp³-hybridized carbons (Fsp3) is 0.667. The van der Waals surface area contributed by atoms with E-state index in [1.54, 1.807) is 0 Å². The van der Waals surface area contributed by atoms with Gasteiger partial charge in [-0.1, -0.05) is 0 Å². The molecule has 0 aliphatic carbocycles. The van der Waals surface area contributed by atoms with Crippen molar-refractivity contribution in [3.63, 3.8) is 0 Å². The van der Waals surface area contributed by atoms with Crippen LogP contribution in [0.2, 0.25) is 0 Å². The van der Waals surface area contributed by atoms with Crippen LogP contribution in [0.4, 0.5) is 4.79 Å². The van der Waals surface area contributed by atoms with Gasteiger partial charge in [-0.2, -0.15) is 0 Å². The summed E-state index contributed by atoms with van der Waals surface area (Å²) in [5.41, 5.74) is 0. The first-order chi connectivity index (χ1) is 6.06. The van der Waals surface area contributed by atoms with Crippen LogP contribution < -0.4 is 0 Å². The topological polar surface area (TPSA) is 87.9 Å². The molecule has 0 fully saturated rings. The highest BCUT2D eigenvalue weighted by Gasteiger charge is 2.10. The van der Waals surface area contributed by atoms with E-state index in [9.17, 15) is 14.9 Å². The third-order valence-corrected chi connectivity index (χ3v) is 0.916. The van der Waals surface area contributed by atoms with Gasteiger partial charge in [0.25, 0.3) is 5.09 Å². The molecule has 1 radical (unpaired) electrons. The Morgan fingerprint density at radius 1 is 1.69 bits per heavy atom. The van der Waals surface area contributed by atoms with Crippen LogP contribution in [-0.4, -0.2) is 24.0 Å². The molecule has 75 valence electrons. The zero-order chi connectivity index (χ0) is 10.3. The molecule has 0 unspecified atom stereocenters. The molecule has 0 saturated carbocycles. The normalized spacial score (nSPS) is 11.5. The van der Waals surface area contributed by atoms with E-state index in [-0.39, 0.29) is 6.61 Å². The highest BCUT2D eigenvalue weighted by Crippen LogP contribution is 1.94. The molecule has 0 heterocycles. The molecule has 7 nitrogen and oxygen atoms in total. The van der Waals surface area contributed by atoms with Crippen molar-refractivity contribution in [2.75, 3.05) is 6.61 Å². The molecule has 0 amide bonds. The van der Waals surface area contributed by atoms with Crippen LogP contribution >= 0.6 is 0 Å². The van der Waals surface area contributed by atoms with Gasteiger partial charge in [0.2, 0.25) is 0 Å². The summed E-state index contributed by atoms with van der Waals surface area (Å²) < 4.78 is 8.71. The van der Waals surface area contributed by atoms with Crippen molar-refractivity contribution in [1.82, 2.24) is 0 Å². The van der Waals surface area contributed by atoms with Crippen LogP contribution in [0.1, 0.15) is 13.8 Å². The average molecular weight is 192 g/mol. The molecule has 0 aliphatic rings. The van der Waals surface area contributed by atoms with E-state index in [1.807, 2.05) is 0 Å². The molecule has 0 bridgehead atoms. The predicted molar refractivity (Wildman–Crippen MR) is 39.9 cm³/mol. The van der Waals surface area contributed by atoms with E-state index in [2.05, 4.69) is 14.3 Å². The maximum Gasteiger partial charge on any atom is 0.508 e. The summed E-state index contributed by atoms with van der Waals surface area (Å²) >= 11 is 0. The summed E-state index contributed by atoms with van der Waals surface area (Å²) in [6, 6.07) is 0. The average Bonchev–Trinajstić information content (AvgIpc) is 2.00. The minimum absolute atomic E-state index is 0.229. The molecule has 13 heavy (non-hydrogen) atoms. The van der Waals surface area contributed by atoms with Crippen molar-refractivity contribution in [2.24, 2.45) is 0 Å². The Kier molecular flexibility index (Phi) is 5.33. The zero-order valence-electron chi connectivity index (χ0n) is 7.26. The maximum absolute atomic E-state index is 10.5. The summed E-state index contributed by atoms with van der Waals surface area (Å²) in [5, 5.41) is 8.83. The van der Waals surface area contributed by atoms with Crippen LogP contribution in [0.5, 0.6) is 0 Å². The molecular formula is C6H10NO6. The predicted octanol–water partition coefficient (Wildman–Crippen LogP) is 0.918. The van der Waals surface area contributed by atoms with E-state index >= 15 is 0 Å². The molecule has 0 aromatic rings. The van der Waals surface area contributed by atoms with E-state index in [1.165, 1.54) is 13.8 Å². The van der Waals surface area contributed by atoms with Crippen molar-refractivity contribution >= 4 is 6.16 Å². The lowest BCUT2D eigenvalue weighted by Gasteiger charge is -2.08. The first-order valence-electron chi connectivity index (χ1n) is 3.48. The molecule has 0 rings (SSSR count). The van der Waals surface area contributed by atoms with E-state index in [4.69, 9.17) is 0 Å². The van der Waals surface area contributed by atoms with Crippen LogP contribution in [0.15, 0.2) is 0 Å². The lowest BCUT2D eigenvalue weighted by atomic mass is 10.4. The number of nitrogens with zero attached hydrogens (tertiary/aromatic N) is 1. The summed E-state index contributed by atoms with van der Waals surface area (Å²) in [4.78, 5) is 24.4. The van der Waals surface area contributed by atoms with Crippen molar-refractivity contribution < 1.29 is 24.2 Å². The van der Waals surface area contributed by atoms with Gasteiger partial charge < -0.3 is 14.3 Å². The monoisotopic (exact) mass is 192 g/mol. The van der Waals surface area contributed by atoms with Crippen molar-refractivity contribution in [1.29, 1.82) is 0 Å². The molecule has 0 spiro atoms. The number of hydrogen-bond donors (Lipinski definition) is 0. The first-order valence-corrected chi connectivity index (χ1v) is 3.48. The van der Waals surface area contributed by atoms with Crippen LogP contribution in [0.25, 0.3) is 0 Å². The van der Waals surface area contributed by atoms with E-state index in [0.717, 1.165) is 6.61 Å². The van der Waals surface area contributed by atoms with Crippen LogP contribution in [-0.2, 0) is 14.3 Å². The SMILES string of the molecule is C[CH]OC(=O)OC[C@H](C)O[N+](=O)[O-]. The highest BCUT2D eigenvalue weighted by atomic mass is 17.0. The Bertz CT molecular complexity index is 182. The number of hydrogen-bond acceptors (Lipinski definition) is 6. The van der Waals surface area contributed by atoms with Crippen molar-refractivity contribution in [3.8, 4) is 0 Å². The van der Waals surface area contributed by atoms with Gasteiger partial charge in [-0.15, -0.1) is 10.1 Å². The van der Waals surface area contributed by atoms with Crippen LogP contribution in [0, 0.1) is 16.7 Å². The second-order valence-electron chi connectivity index (χ2n) is 2.05. The largest absolute Gasteiger partial charge is 0.508 e.